The Bertz CT molecular complexity index is 1120. The molecule has 0 unspecified atom stereocenters. The van der Waals surface area contributed by atoms with Crippen LogP contribution < -0.4 is 4.74 Å². The fourth-order valence-electron chi connectivity index (χ4n) is 2.73. The first kappa shape index (κ1) is 21.9. The molecule has 0 radical (unpaired) electrons. The number of hydrogen-bond donors (Lipinski definition) is 0. The third-order valence-corrected chi connectivity index (χ3v) is 5.32. The topological polar surface area (TPSA) is 91.0 Å². The summed E-state index contributed by atoms with van der Waals surface area (Å²) < 4.78 is 12.3. The Morgan fingerprint density at radius 2 is 2.00 bits per heavy atom. The largest absolute Gasteiger partial charge is 0.487 e. The molecule has 1 aliphatic rings. The lowest BCUT2D eigenvalue weighted by Gasteiger charge is -2.11. The zero-order chi connectivity index (χ0) is 22.0. The molecule has 2 aromatic rings. The Kier molecular flexibility index (Phi) is 6.52. The van der Waals surface area contributed by atoms with Crippen molar-refractivity contribution in [2.75, 3.05) is 6.61 Å². The van der Waals surface area contributed by atoms with Crippen molar-refractivity contribution in [2.45, 2.75) is 13.8 Å². The van der Waals surface area contributed by atoms with Gasteiger partial charge in [-0.15, -0.1) is 0 Å². The number of nitro benzene ring substituents is 1. The summed E-state index contributed by atoms with van der Waals surface area (Å²) in [6, 6.07) is 8.10. The third kappa shape index (κ3) is 4.68. The lowest BCUT2D eigenvalue weighted by atomic mass is 10.1. The number of benzene rings is 2. The first-order valence-electron chi connectivity index (χ1n) is 8.70. The van der Waals surface area contributed by atoms with Gasteiger partial charge in [0, 0.05) is 17.2 Å². The molecule has 0 aliphatic carbocycles. The molecule has 0 saturated carbocycles. The van der Waals surface area contributed by atoms with Crippen LogP contribution in [0.15, 0.2) is 62.1 Å². The number of ether oxygens (including phenoxy) is 2. The van der Waals surface area contributed by atoms with Gasteiger partial charge in [0.1, 0.15) is 12.4 Å². The van der Waals surface area contributed by atoms with E-state index in [0.29, 0.717) is 38.0 Å². The maximum Gasteiger partial charge on any atom is 0.363 e. The molecule has 0 amide bonds. The Morgan fingerprint density at radius 1 is 1.33 bits per heavy atom. The second-order valence-corrected chi connectivity index (χ2v) is 8.31. The second-order valence-electron chi connectivity index (χ2n) is 6.60. The molecule has 0 fully saturated rings. The van der Waals surface area contributed by atoms with Crippen LogP contribution in [0.1, 0.15) is 23.6 Å². The third-order valence-electron chi connectivity index (χ3n) is 4.14. The summed E-state index contributed by atoms with van der Waals surface area (Å²) in [6.45, 7) is 7.64. The van der Waals surface area contributed by atoms with Gasteiger partial charge in [-0.2, -0.15) is 0 Å². The summed E-state index contributed by atoms with van der Waals surface area (Å²) in [6.07, 6.45) is 1.57. The lowest BCUT2D eigenvalue weighted by Crippen LogP contribution is -2.08. The number of cyclic esters (lactones) is 1. The summed E-state index contributed by atoms with van der Waals surface area (Å²) in [5.41, 5.74) is 2.36. The van der Waals surface area contributed by atoms with Gasteiger partial charge in [-0.05, 0) is 81.1 Å². The number of aliphatic imine (C=N–C) groups is 1. The molecule has 0 aromatic heterocycles. The van der Waals surface area contributed by atoms with Gasteiger partial charge in [0.2, 0.25) is 5.90 Å². The number of carbonyl (C=O) groups is 1. The smallest absolute Gasteiger partial charge is 0.363 e. The van der Waals surface area contributed by atoms with Crippen LogP contribution in [-0.2, 0) is 9.53 Å². The van der Waals surface area contributed by atoms with Crippen LogP contribution >= 0.6 is 31.9 Å². The minimum absolute atomic E-state index is 0.0343. The molecule has 7 nitrogen and oxygen atoms in total. The van der Waals surface area contributed by atoms with Crippen LogP contribution in [0.25, 0.3) is 6.08 Å². The van der Waals surface area contributed by atoms with Crippen molar-refractivity contribution in [2.24, 2.45) is 4.99 Å². The molecule has 9 heteroatoms. The molecule has 0 saturated heterocycles. The molecule has 0 bridgehead atoms. The van der Waals surface area contributed by atoms with Crippen molar-refractivity contribution in [1.82, 2.24) is 0 Å². The van der Waals surface area contributed by atoms with E-state index in [-0.39, 0.29) is 17.3 Å². The van der Waals surface area contributed by atoms with E-state index in [0.717, 1.165) is 5.57 Å². The van der Waals surface area contributed by atoms with Crippen LogP contribution in [0.4, 0.5) is 5.69 Å². The number of esters is 1. The highest BCUT2D eigenvalue weighted by Crippen LogP contribution is 2.36. The van der Waals surface area contributed by atoms with E-state index in [1.807, 2.05) is 6.92 Å². The van der Waals surface area contributed by atoms with E-state index >= 15 is 0 Å². The first-order valence-corrected chi connectivity index (χ1v) is 10.3. The molecular formula is C21H16Br2N2O5. The van der Waals surface area contributed by atoms with Gasteiger partial charge in [-0.1, -0.05) is 12.6 Å². The average Bonchev–Trinajstić information content (AvgIpc) is 3.01. The van der Waals surface area contributed by atoms with Crippen LogP contribution in [0.3, 0.4) is 0 Å². The summed E-state index contributed by atoms with van der Waals surface area (Å²) in [4.78, 5) is 27.2. The summed E-state index contributed by atoms with van der Waals surface area (Å²) in [5.74, 6) is 0.0170. The zero-order valence-corrected chi connectivity index (χ0v) is 19.2. The van der Waals surface area contributed by atoms with Crippen molar-refractivity contribution in [3.05, 3.63) is 83.9 Å². The van der Waals surface area contributed by atoms with Crippen molar-refractivity contribution in [3.8, 4) is 5.75 Å². The summed E-state index contributed by atoms with van der Waals surface area (Å²) in [7, 11) is 0. The van der Waals surface area contributed by atoms with Crippen molar-refractivity contribution in [3.63, 3.8) is 0 Å². The van der Waals surface area contributed by atoms with Crippen molar-refractivity contribution >= 4 is 55.5 Å². The molecular weight excluding hydrogens is 520 g/mol. The number of carbonyl (C=O) groups excluding carboxylic acids is 1. The molecule has 3 rings (SSSR count). The normalized spacial score (nSPS) is 14.5. The zero-order valence-electron chi connectivity index (χ0n) is 16.1. The average molecular weight is 536 g/mol. The van der Waals surface area contributed by atoms with E-state index in [1.54, 1.807) is 31.2 Å². The van der Waals surface area contributed by atoms with Crippen LogP contribution in [-0.4, -0.2) is 23.4 Å². The minimum Gasteiger partial charge on any atom is -0.487 e. The standard InChI is InChI=1S/C21H16Br2N2O5/c1-11(2)10-29-19-15(22)7-13(8-16(19)23)9-17-21(26)30-20(24-17)14-5-4-6-18(12(14)3)25(27)28/h4-9H,1,10H2,2-3H3/b17-9-. The molecule has 30 heavy (non-hydrogen) atoms. The Morgan fingerprint density at radius 3 is 2.60 bits per heavy atom. The number of nitro groups is 1. The Labute approximate surface area is 189 Å². The van der Waals surface area contributed by atoms with Crippen LogP contribution in [0, 0.1) is 17.0 Å². The SMILES string of the molecule is C=C(C)COc1c(Br)cc(/C=C2\N=C(c3cccc([N+](=O)[O-])c3C)OC2=O)cc1Br. The Balaban J connectivity index is 1.94. The number of halogens is 2. The van der Waals surface area contributed by atoms with Crippen LogP contribution in [0.2, 0.25) is 0 Å². The second kappa shape index (κ2) is 8.93. The monoisotopic (exact) mass is 534 g/mol. The van der Waals surface area contributed by atoms with Gasteiger partial charge < -0.3 is 9.47 Å². The molecule has 1 aliphatic heterocycles. The van der Waals surface area contributed by atoms with Crippen LogP contribution in [0.5, 0.6) is 5.75 Å². The highest BCUT2D eigenvalue weighted by atomic mass is 79.9. The maximum atomic E-state index is 12.3. The molecule has 1 heterocycles. The molecule has 154 valence electrons. The summed E-state index contributed by atoms with van der Waals surface area (Å²) >= 11 is 6.92. The highest BCUT2D eigenvalue weighted by molar-refractivity contribution is 9.11. The molecule has 0 atom stereocenters. The first-order chi connectivity index (χ1) is 14.2. The number of nitrogens with zero attached hydrogens (tertiary/aromatic N) is 2. The van der Waals surface area contributed by atoms with Gasteiger partial charge in [-0.3, -0.25) is 10.1 Å². The van der Waals surface area contributed by atoms with Crippen molar-refractivity contribution < 1.29 is 19.2 Å². The Hall–Kier alpha value is -2.78. The maximum absolute atomic E-state index is 12.3. The van der Waals surface area contributed by atoms with Gasteiger partial charge in [-0.25, -0.2) is 9.79 Å². The molecule has 0 N–H and O–H groups in total. The fourth-order valence-corrected chi connectivity index (χ4v) is 4.18. The van der Waals surface area contributed by atoms with E-state index in [1.165, 1.54) is 12.1 Å². The number of hydrogen-bond acceptors (Lipinski definition) is 6. The van der Waals surface area contributed by atoms with E-state index in [9.17, 15) is 14.9 Å². The quantitative estimate of drug-likeness (QED) is 0.155. The minimum atomic E-state index is -0.634. The van der Waals surface area contributed by atoms with E-state index < -0.39 is 10.9 Å². The fraction of sp³-hybridized carbons (Fsp3) is 0.143. The molecule has 2 aromatic carbocycles. The van der Waals surface area contributed by atoms with E-state index in [2.05, 4.69) is 43.4 Å². The van der Waals surface area contributed by atoms with Gasteiger partial charge in [0.15, 0.2) is 5.70 Å². The predicted octanol–water partition coefficient (Wildman–Crippen LogP) is 5.73. The lowest BCUT2D eigenvalue weighted by molar-refractivity contribution is -0.385. The van der Waals surface area contributed by atoms with Gasteiger partial charge in [0.05, 0.1) is 13.9 Å². The van der Waals surface area contributed by atoms with Gasteiger partial charge >= 0.3 is 5.97 Å². The highest BCUT2D eigenvalue weighted by Gasteiger charge is 2.27. The van der Waals surface area contributed by atoms with Crippen molar-refractivity contribution in [1.29, 1.82) is 0 Å². The number of rotatable bonds is 6. The van der Waals surface area contributed by atoms with E-state index in [4.69, 9.17) is 9.47 Å². The van der Waals surface area contributed by atoms with Gasteiger partial charge in [0.25, 0.3) is 5.69 Å². The molecule has 0 spiro atoms. The summed E-state index contributed by atoms with van der Waals surface area (Å²) in [5, 5.41) is 11.2. The predicted molar refractivity (Wildman–Crippen MR) is 121 cm³/mol.